The normalized spacial score (nSPS) is 22.6. The zero-order valence-corrected chi connectivity index (χ0v) is 12.2. The molecule has 0 spiro atoms. The number of benzene rings is 1. The molecule has 108 valence electrons. The Kier molecular flexibility index (Phi) is 4.76. The van der Waals surface area contributed by atoms with Crippen molar-refractivity contribution >= 4 is 10.0 Å². The molecule has 2 unspecified atom stereocenters. The Balaban J connectivity index is 2.02. The fraction of sp³-hybridized carbons (Fsp3) is 0.500. The molecule has 0 aliphatic carbocycles. The van der Waals surface area contributed by atoms with Crippen molar-refractivity contribution in [2.24, 2.45) is 5.92 Å². The predicted octanol–water partition coefficient (Wildman–Crippen LogP) is 1.65. The van der Waals surface area contributed by atoms with Crippen molar-refractivity contribution < 1.29 is 13.2 Å². The summed E-state index contributed by atoms with van der Waals surface area (Å²) in [4.78, 5) is 0.184. The largest absolute Gasteiger partial charge is 0.378 e. The minimum atomic E-state index is -3.52. The molecular weight excluding hydrogens is 276 g/mol. The van der Waals surface area contributed by atoms with E-state index in [2.05, 4.69) is 4.72 Å². The van der Waals surface area contributed by atoms with Gasteiger partial charge in [-0.15, -0.1) is 0 Å². The molecule has 6 heteroatoms. The van der Waals surface area contributed by atoms with Crippen molar-refractivity contribution in [3.05, 3.63) is 29.8 Å². The third-order valence-electron chi connectivity index (χ3n) is 3.58. The highest BCUT2D eigenvalue weighted by Crippen LogP contribution is 2.23. The second-order valence-corrected chi connectivity index (χ2v) is 6.62. The van der Waals surface area contributed by atoms with Gasteiger partial charge in [0.15, 0.2) is 0 Å². The third kappa shape index (κ3) is 3.37. The van der Waals surface area contributed by atoms with E-state index in [0.717, 1.165) is 12.8 Å². The van der Waals surface area contributed by atoms with Gasteiger partial charge in [0.1, 0.15) is 0 Å². The lowest BCUT2D eigenvalue weighted by atomic mass is 10.0. The molecular formula is C14H18N2O3S. The van der Waals surface area contributed by atoms with Crippen LogP contribution in [-0.4, -0.2) is 27.7 Å². The van der Waals surface area contributed by atoms with Crippen LogP contribution < -0.4 is 4.72 Å². The highest BCUT2D eigenvalue weighted by Gasteiger charge is 2.28. The van der Waals surface area contributed by atoms with Crippen LogP contribution in [0, 0.1) is 17.2 Å². The van der Waals surface area contributed by atoms with E-state index in [9.17, 15) is 8.42 Å². The van der Waals surface area contributed by atoms with Gasteiger partial charge >= 0.3 is 0 Å². The molecule has 1 aromatic rings. The molecule has 1 saturated heterocycles. The van der Waals surface area contributed by atoms with Crippen LogP contribution in [0.5, 0.6) is 0 Å². The summed E-state index contributed by atoms with van der Waals surface area (Å²) in [5.74, 6) is 0.230. The summed E-state index contributed by atoms with van der Waals surface area (Å²) in [5, 5.41) is 8.71. The average molecular weight is 294 g/mol. The highest BCUT2D eigenvalue weighted by atomic mass is 32.2. The minimum Gasteiger partial charge on any atom is -0.378 e. The second kappa shape index (κ2) is 6.35. The Morgan fingerprint density at radius 3 is 2.70 bits per heavy atom. The number of nitrogens with zero attached hydrogens (tertiary/aromatic N) is 1. The van der Waals surface area contributed by atoms with E-state index < -0.39 is 10.0 Å². The second-order valence-electron chi connectivity index (χ2n) is 4.85. The van der Waals surface area contributed by atoms with E-state index in [-0.39, 0.29) is 16.9 Å². The van der Waals surface area contributed by atoms with Gasteiger partial charge in [-0.2, -0.15) is 5.26 Å². The quantitative estimate of drug-likeness (QED) is 0.895. The van der Waals surface area contributed by atoms with Crippen LogP contribution in [0.3, 0.4) is 0 Å². The smallest absolute Gasteiger partial charge is 0.240 e. The molecule has 2 atom stereocenters. The van der Waals surface area contributed by atoms with Crippen LogP contribution in [-0.2, 0) is 14.8 Å². The monoisotopic (exact) mass is 294 g/mol. The number of hydrogen-bond acceptors (Lipinski definition) is 4. The summed E-state index contributed by atoms with van der Waals surface area (Å²) in [5.41, 5.74) is 0.444. The topological polar surface area (TPSA) is 79.2 Å². The van der Waals surface area contributed by atoms with Gasteiger partial charge in [-0.25, -0.2) is 13.1 Å². The fourth-order valence-electron chi connectivity index (χ4n) is 2.39. The summed E-state index contributed by atoms with van der Waals surface area (Å²) in [6.45, 7) is 3.13. The van der Waals surface area contributed by atoms with Gasteiger partial charge in [0.25, 0.3) is 0 Å². The molecule has 0 saturated carbocycles. The molecule has 1 aromatic carbocycles. The van der Waals surface area contributed by atoms with Crippen molar-refractivity contribution in [2.75, 3.05) is 13.2 Å². The average Bonchev–Trinajstić information content (AvgIpc) is 2.93. The van der Waals surface area contributed by atoms with Crippen molar-refractivity contribution in [2.45, 2.75) is 30.8 Å². The molecule has 1 N–H and O–H groups in total. The first-order valence-electron chi connectivity index (χ1n) is 6.68. The van der Waals surface area contributed by atoms with Crippen molar-refractivity contribution in [1.82, 2.24) is 4.72 Å². The van der Waals surface area contributed by atoms with Gasteiger partial charge in [-0.05, 0) is 37.1 Å². The lowest BCUT2D eigenvalue weighted by Gasteiger charge is -2.17. The predicted molar refractivity (Wildman–Crippen MR) is 74.5 cm³/mol. The van der Waals surface area contributed by atoms with E-state index in [1.165, 1.54) is 24.3 Å². The molecule has 0 aromatic heterocycles. The van der Waals surface area contributed by atoms with E-state index in [1.54, 1.807) is 0 Å². The Hall–Kier alpha value is -1.42. The Morgan fingerprint density at radius 1 is 1.40 bits per heavy atom. The maximum atomic E-state index is 12.1. The van der Waals surface area contributed by atoms with Gasteiger partial charge in [0.05, 0.1) is 22.6 Å². The Morgan fingerprint density at radius 2 is 2.10 bits per heavy atom. The zero-order valence-electron chi connectivity index (χ0n) is 11.4. The summed E-state index contributed by atoms with van der Waals surface area (Å²) in [6, 6.07) is 7.86. The lowest BCUT2D eigenvalue weighted by molar-refractivity contribution is 0.0884. The van der Waals surface area contributed by atoms with Crippen molar-refractivity contribution in [1.29, 1.82) is 5.26 Å². The molecule has 2 rings (SSSR count). The van der Waals surface area contributed by atoms with Crippen molar-refractivity contribution in [3.63, 3.8) is 0 Å². The van der Waals surface area contributed by atoms with Crippen molar-refractivity contribution in [3.8, 4) is 6.07 Å². The van der Waals surface area contributed by atoms with E-state index >= 15 is 0 Å². The minimum absolute atomic E-state index is 0.138. The first-order valence-corrected chi connectivity index (χ1v) is 8.16. The summed E-state index contributed by atoms with van der Waals surface area (Å²) < 4.78 is 32.5. The molecule has 5 nitrogen and oxygen atoms in total. The first kappa shape index (κ1) is 15.0. The van der Waals surface area contributed by atoms with Gasteiger partial charge in [0, 0.05) is 19.1 Å². The molecule has 20 heavy (non-hydrogen) atoms. The maximum absolute atomic E-state index is 12.1. The van der Waals surface area contributed by atoms with Crippen LogP contribution in [0.15, 0.2) is 29.2 Å². The number of nitrogens with one attached hydrogen (secondary N) is 1. The number of nitriles is 1. The highest BCUT2D eigenvalue weighted by molar-refractivity contribution is 7.89. The fourth-order valence-corrected chi connectivity index (χ4v) is 3.48. The molecule has 1 heterocycles. The molecule has 0 radical (unpaired) electrons. The number of ether oxygens (including phenoxy) is 1. The Bertz CT molecular complexity index is 590. The molecule has 0 amide bonds. The maximum Gasteiger partial charge on any atom is 0.240 e. The summed E-state index contributed by atoms with van der Waals surface area (Å²) >= 11 is 0. The number of sulfonamides is 1. The molecule has 1 fully saturated rings. The summed E-state index contributed by atoms with van der Waals surface area (Å²) in [7, 11) is -3.52. The van der Waals surface area contributed by atoms with Gasteiger partial charge in [-0.3, -0.25) is 0 Å². The molecule has 0 bridgehead atoms. The van der Waals surface area contributed by atoms with E-state index in [1.807, 2.05) is 13.0 Å². The van der Waals surface area contributed by atoms with Gasteiger partial charge in [0.2, 0.25) is 10.0 Å². The van der Waals surface area contributed by atoms with Crippen LogP contribution in [0.2, 0.25) is 0 Å². The van der Waals surface area contributed by atoms with Crippen LogP contribution >= 0.6 is 0 Å². The Labute approximate surface area is 119 Å². The molecule has 1 aliphatic heterocycles. The lowest BCUT2D eigenvalue weighted by Crippen LogP contribution is -2.32. The molecule has 1 aliphatic rings. The summed E-state index contributed by atoms with van der Waals surface area (Å²) in [6.07, 6.45) is 1.91. The standard InChI is InChI=1S/C14H18N2O3S/c1-2-14-12(7-8-19-14)10-16-20(17,18)13-5-3-11(9-15)4-6-13/h3-6,12,14,16H,2,7-8,10H2,1H3. The van der Waals surface area contributed by atoms with E-state index in [4.69, 9.17) is 10.00 Å². The number of rotatable bonds is 5. The van der Waals surface area contributed by atoms with Gasteiger partial charge < -0.3 is 4.74 Å². The van der Waals surface area contributed by atoms with Gasteiger partial charge in [-0.1, -0.05) is 6.92 Å². The van der Waals surface area contributed by atoms with Crippen LogP contribution in [0.1, 0.15) is 25.3 Å². The van der Waals surface area contributed by atoms with E-state index in [0.29, 0.717) is 18.7 Å². The third-order valence-corrected chi connectivity index (χ3v) is 5.02. The van der Waals surface area contributed by atoms with Crippen LogP contribution in [0.4, 0.5) is 0 Å². The first-order chi connectivity index (χ1) is 9.56. The number of hydrogen-bond donors (Lipinski definition) is 1. The SMILES string of the molecule is CCC1OCCC1CNS(=O)(=O)c1ccc(C#N)cc1. The zero-order chi connectivity index (χ0) is 14.6. The van der Waals surface area contributed by atoms with Crippen LogP contribution in [0.25, 0.3) is 0 Å².